The monoisotopic (exact) mass is 612 g/mol. The molecule has 2 aliphatic rings. The number of esters is 1. The van der Waals surface area contributed by atoms with Crippen molar-refractivity contribution in [1.82, 2.24) is 15.2 Å². The van der Waals surface area contributed by atoms with Crippen LogP contribution in [0.25, 0.3) is 0 Å². The molecule has 2 aliphatic heterocycles. The zero-order valence-corrected chi connectivity index (χ0v) is 22.6. The molecule has 1 fully saturated rings. The highest BCUT2D eigenvalue weighted by atomic mass is 79.9. The number of nitrogens with zero attached hydrogens (tertiary/aromatic N) is 3. The van der Waals surface area contributed by atoms with Crippen LogP contribution in [0.5, 0.6) is 0 Å². The van der Waals surface area contributed by atoms with Gasteiger partial charge in [-0.2, -0.15) is 0 Å². The van der Waals surface area contributed by atoms with Gasteiger partial charge in [-0.3, -0.25) is 9.89 Å². The third-order valence-corrected chi connectivity index (χ3v) is 7.38. The minimum Gasteiger partial charge on any atom is -0.478 e. The molecule has 1 aromatic heterocycles. The quantitative estimate of drug-likeness (QED) is 0.333. The second-order valence-corrected chi connectivity index (χ2v) is 10.6. The lowest BCUT2D eigenvalue weighted by molar-refractivity contribution is -0.139. The first-order valence-electron chi connectivity index (χ1n) is 11.7. The smallest absolute Gasteiger partial charge is 0.338 e. The number of rotatable bonds is 8. The zero-order valence-electron chi connectivity index (χ0n) is 20.2. The molecule has 0 saturated carbocycles. The number of hydrogen-bond acceptors (Lipinski definition) is 8. The number of amidine groups is 1. The number of nitrogens with one attached hydrogen (secondary N) is 1. The number of aliphatic carboxylic acids is 1. The first-order valence-corrected chi connectivity index (χ1v) is 13.3. The van der Waals surface area contributed by atoms with E-state index in [1.54, 1.807) is 18.5 Å². The fourth-order valence-corrected chi connectivity index (χ4v) is 5.65. The Morgan fingerprint density at radius 2 is 2.18 bits per heavy atom. The molecule has 0 spiro atoms. The Bertz CT molecular complexity index is 1300. The lowest BCUT2D eigenvalue weighted by atomic mass is 9.92. The van der Waals surface area contributed by atoms with Crippen LogP contribution in [0.15, 0.2) is 62.7 Å². The van der Waals surface area contributed by atoms with Gasteiger partial charge in [0.25, 0.3) is 5.92 Å². The van der Waals surface area contributed by atoms with Gasteiger partial charge >= 0.3 is 11.9 Å². The van der Waals surface area contributed by atoms with Crippen LogP contribution in [0.2, 0.25) is 0 Å². The third kappa shape index (κ3) is 6.69. The van der Waals surface area contributed by atoms with Gasteiger partial charge < -0.3 is 15.2 Å². The number of piperidine rings is 1. The van der Waals surface area contributed by atoms with Gasteiger partial charge in [0, 0.05) is 47.3 Å². The van der Waals surface area contributed by atoms with Gasteiger partial charge in [0.15, 0.2) is 10.8 Å². The normalized spacial score (nSPS) is 21.8. The Balaban J connectivity index is 1.78. The van der Waals surface area contributed by atoms with Gasteiger partial charge in [-0.15, -0.1) is 11.3 Å². The van der Waals surface area contributed by atoms with Crippen LogP contribution in [0.4, 0.5) is 13.2 Å². The Kier molecular flexibility index (Phi) is 8.68. The summed E-state index contributed by atoms with van der Waals surface area (Å²) in [6.07, 6.45) is 3.23. The fraction of sp³-hybridized carbons (Fsp3) is 0.360. The summed E-state index contributed by atoms with van der Waals surface area (Å²) in [7, 11) is 0. The number of aliphatic imine (C=N–C) groups is 1. The molecule has 13 heteroatoms. The van der Waals surface area contributed by atoms with Crippen molar-refractivity contribution in [3.8, 4) is 0 Å². The van der Waals surface area contributed by atoms with Crippen molar-refractivity contribution < 1.29 is 32.6 Å². The predicted octanol–water partition coefficient (Wildman–Crippen LogP) is 4.55. The summed E-state index contributed by atoms with van der Waals surface area (Å²) in [5.41, 5.74) is 0.878. The van der Waals surface area contributed by atoms with Crippen molar-refractivity contribution in [3.05, 3.63) is 74.1 Å². The molecular weight excluding hydrogens is 589 g/mol. The van der Waals surface area contributed by atoms with Crippen LogP contribution in [0, 0.1) is 11.7 Å². The number of carbonyl (C=O) groups excluding carboxylic acids is 1. The summed E-state index contributed by atoms with van der Waals surface area (Å²) in [5, 5.41) is 14.3. The van der Waals surface area contributed by atoms with Crippen molar-refractivity contribution in [1.29, 1.82) is 0 Å². The van der Waals surface area contributed by atoms with E-state index in [9.17, 15) is 22.8 Å². The lowest BCUT2D eigenvalue weighted by Gasteiger charge is -2.38. The van der Waals surface area contributed by atoms with Crippen LogP contribution < -0.4 is 5.32 Å². The van der Waals surface area contributed by atoms with Crippen molar-refractivity contribution >= 4 is 45.0 Å². The van der Waals surface area contributed by atoms with E-state index in [0.29, 0.717) is 26.6 Å². The average molecular weight is 613 g/mol. The largest absolute Gasteiger partial charge is 0.478 e. The number of thiazole rings is 1. The van der Waals surface area contributed by atoms with E-state index < -0.39 is 48.6 Å². The van der Waals surface area contributed by atoms with Crippen LogP contribution in [0.3, 0.4) is 0 Å². The third-order valence-electron chi connectivity index (χ3n) is 5.91. The van der Waals surface area contributed by atoms with E-state index in [1.165, 1.54) is 40.5 Å². The molecule has 2 unspecified atom stereocenters. The van der Waals surface area contributed by atoms with Crippen molar-refractivity contribution in [2.45, 2.75) is 25.3 Å². The highest BCUT2D eigenvalue weighted by molar-refractivity contribution is 9.10. The summed E-state index contributed by atoms with van der Waals surface area (Å²) in [6.45, 7) is 1.18. The summed E-state index contributed by atoms with van der Waals surface area (Å²) in [5.74, 6) is -5.85. The van der Waals surface area contributed by atoms with Crippen molar-refractivity contribution in [3.63, 3.8) is 0 Å². The number of hydrogen-bond donors (Lipinski definition) is 2. The number of halogens is 4. The first kappa shape index (κ1) is 28.0. The van der Waals surface area contributed by atoms with E-state index in [2.05, 4.69) is 26.2 Å². The minimum atomic E-state index is -3.07. The zero-order chi connectivity index (χ0) is 27.4. The highest BCUT2D eigenvalue weighted by Crippen LogP contribution is 2.38. The van der Waals surface area contributed by atoms with Gasteiger partial charge in [0.1, 0.15) is 11.9 Å². The summed E-state index contributed by atoms with van der Waals surface area (Å²) in [4.78, 5) is 34.6. The molecule has 1 aromatic carbocycles. The van der Waals surface area contributed by atoms with Gasteiger partial charge in [-0.1, -0.05) is 28.1 Å². The van der Waals surface area contributed by atoms with Crippen LogP contribution >= 0.6 is 27.3 Å². The van der Waals surface area contributed by atoms with Gasteiger partial charge in [0.2, 0.25) is 0 Å². The van der Waals surface area contributed by atoms with Gasteiger partial charge in [-0.25, -0.2) is 27.7 Å². The van der Waals surface area contributed by atoms with E-state index in [1.807, 2.05) is 0 Å². The van der Waals surface area contributed by atoms with Gasteiger partial charge in [0.05, 0.1) is 18.7 Å². The Morgan fingerprint density at radius 1 is 1.39 bits per heavy atom. The number of benzene rings is 1. The first-order chi connectivity index (χ1) is 18.1. The van der Waals surface area contributed by atoms with Crippen LogP contribution in [0.1, 0.15) is 30.0 Å². The minimum absolute atomic E-state index is 0.0693. The molecule has 2 aromatic rings. The average Bonchev–Trinajstić information content (AvgIpc) is 3.37. The second-order valence-electron chi connectivity index (χ2n) is 8.81. The molecule has 4 rings (SSSR count). The molecule has 2 N–H and O–H groups in total. The molecule has 0 bridgehead atoms. The topological polar surface area (TPSA) is 104 Å². The number of likely N-dealkylation sites (tertiary alicyclic amines) is 1. The molecule has 0 amide bonds. The standard InChI is InChI=1S/C25H24BrF3N4O4S/c1-2-37-24(36)20-18(12-33-11-14(3-6-19(34)35)10-25(28,29)13-33)31-22(23-30-7-8-38-23)32-21(20)16-5-4-15(27)9-17(16)26/h3-9,14,21H,2,10-13H2,1H3,(H,31,32)(H,34,35)/b6-3+. The molecule has 1 saturated heterocycles. The summed E-state index contributed by atoms with van der Waals surface area (Å²) in [6, 6.07) is 3.06. The van der Waals surface area contributed by atoms with E-state index in [0.717, 1.165) is 6.08 Å². The van der Waals surface area contributed by atoms with Crippen molar-refractivity contribution in [2.24, 2.45) is 10.9 Å². The number of carboxylic acids is 1. The van der Waals surface area contributed by atoms with E-state index >= 15 is 0 Å². The molecule has 3 heterocycles. The Morgan fingerprint density at radius 3 is 2.84 bits per heavy atom. The maximum Gasteiger partial charge on any atom is 0.338 e. The van der Waals surface area contributed by atoms with Crippen LogP contribution in [-0.2, 0) is 14.3 Å². The van der Waals surface area contributed by atoms with Gasteiger partial charge in [-0.05, 0) is 30.5 Å². The second kappa shape index (κ2) is 11.8. The molecule has 2 atom stereocenters. The maximum atomic E-state index is 14.7. The fourth-order valence-electron chi connectivity index (χ4n) is 4.49. The maximum absolute atomic E-state index is 14.7. The summed E-state index contributed by atoms with van der Waals surface area (Å²) < 4.78 is 48.9. The molecule has 0 radical (unpaired) electrons. The Labute approximate surface area is 229 Å². The molecule has 0 aliphatic carbocycles. The molecular formula is C25H24BrF3N4O4S. The number of carbonyl (C=O) groups is 2. The Hall–Kier alpha value is -3.03. The number of alkyl halides is 2. The SMILES string of the molecule is CCOC(=O)C1=C(CN2CC(/C=C/C(=O)O)CC(F)(F)C2)NC(c2nccs2)=NC1c1ccc(F)cc1Br. The predicted molar refractivity (Wildman–Crippen MR) is 139 cm³/mol. The van der Waals surface area contributed by atoms with E-state index in [-0.39, 0.29) is 25.3 Å². The summed E-state index contributed by atoms with van der Waals surface area (Å²) >= 11 is 4.65. The molecule has 38 heavy (non-hydrogen) atoms. The highest BCUT2D eigenvalue weighted by Gasteiger charge is 2.41. The molecule has 8 nitrogen and oxygen atoms in total. The lowest BCUT2D eigenvalue weighted by Crippen LogP contribution is -2.49. The molecule has 202 valence electrons. The van der Waals surface area contributed by atoms with Crippen molar-refractivity contribution in [2.75, 3.05) is 26.2 Å². The number of ether oxygens (including phenoxy) is 1. The number of aromatic nitrogens is 1. The van der Waals surface area contributed by atoms with Crippen LogP contribution in [-0.4, -0.2) is 64.9 Å². The number of carboxylic acid groups (broad SMARTS) is 1. The van der Waals surface area contributed by atoms with E-state index in [4.69, 9.17) is 14.8 Å².